The summed E-state index contributed by atoms with van der Waals surface area (Å²) in [5, 5.41) is 6.24. The molecule has 0 saturated carbocycles. The van der Waals surface area contributed by atoms with Crippen molar-refractivity contribution in [2.45, 2.75) is 19.2 Å². The van der Waals surface area contributed by atoms with Gasteiger partial charge < -0.3 is 20.4 Å². The Morgan fingerprint density at radius 1 is 1.17 bits per heavy atom. The number of carbonyl (C=O) groups excluding carboxylic acids is 2. The van der Waals surface area contributed by atoms with Crippen LogP contribution in [0.2, 0.25) is 0 Å². The molecule has 3 N–H and O–H groups in total. The van der Waals surface area contributed by atoms with Crippen LogP contribution in [-0.4, -0.2) is 29.7 Å². The second kappa shape index (κ2) is 6.84. The quantitative estimate of drug-likeness (QED) is 0.614. The van der Waals surface area contributed by atoms with Crippen LogP contribution in [-0.2, 0) is 0 Å². The first-order valence-electron chi connectivity index (χ1n) is 8.82. The number of benzene rings is 2. The Morgan fingerprint density at radius 3 is 2.59 bits per heavy atom. The summed E-state index contributed by atoms with van der Waals surface area (Å²) in [6.07, 6.45) is -4.77. The second-order valence-corrected chi connectivity index (χ2v) is 6.81. The molecule has 2 aromatic carbocycles. The Labute approximate surface area is 163 Å². The minimum absolute atomic E-state index is 0.0935. The highest BCUT2D eigenvalue weighted by atomic mass is 19.4. The summed E-state index contributed by atoms with van der Waals surface area (Å²) in [5.41, 5.74) is 2.81. The summed E-state index contributed by atoms with van der Waals surface area (Å²) in [4.78, 5) is 27.8. The molecule has 2 heterocycles. The smallest absolute Gasteiger partial charge is 0.406 e. The number of rotatable bonds is 3. The van der Waals surface area contributed by atoms with Crippen molar-refractivity contribution in [2.75, 3.05) is 11.9 Å². The Balaban J connectivity index is 1.58. The van der Waals surface area contributed by atoms with Crippen molar-refractivity contribution in [3.8, 4) is 5.75 Å². The third kappa shape index (κ3) is 3.75. The number of aromatic nitrogens is 1. The molecular formula is C20H16F3N3O3. The molecule has 1 aliphatic heterocycles. The highest BCUT2D eigenvalue weighted by Gasteiger charge is 2.31. The minimum Gasteiger partial charge on any atom is -0.406 e. The van der Waals surface area contributed by atoms with Gasteiger partial charge in [-0.3, -0.25) is 9.59 Å². The molecule has 0 saturated heterocycles. The lowest BCUT2D eigenvalue weighted by Gasteiger charge is -2.19. The van der Waals surface area contributed by atoms with Gasteiger partial charge in [0.1, 0.15) is 11.4 Å². The number of nitrogens with one attached hydrogen (secondary N) is 3. The molecule has 0 aliphatic carbocycles. The van der Waals surface area contributed by atoms with Gasteiger partial charge in [0.05, 0.1) is 0 Å². The number of hydrogen-bond donors (Lipinski definition) is 3. The van der Waals surface area contributed by atoms with Crippen LogP contribution in [0.5, 0.6) is 5.75 Å². The normalized spacial score (nSPS) is 16.3. The van der Waals surface area contributed by atoms with Crippen LogP contribution in [0.15, 0.2) is 42.5 Å². The molecule has 1 unspecified atom stereocenters. The fourth-order valence-electron chi connectivity index (χ4n) is 3.42. The molecule has 0 bridgehead atoms. The van der Waals surface area contributed by atoms with Gasteiger partial charge in [0.25, 0.3) is 11.8 Å². The number of alkyl halides is 3. The third-order valence-corrected chi connectivity index (χ3v) is 4.74. The van der Waals surface area contributed by atoms with Crippen LogP contribution in [0.25, 0.3) is 10.9 Å². The predicted molar refractivity (Wildman–Crippen MR) is 100 cm³/mol. The number of amides is 2. The van der Waals surface area contributed by atoms with Gasteiger partial charge in [-0.05, 0) is 48.0 Å². The maximum absolute atomic E-state index is 12.6. The standard InChI is InChI=1S/C20H16F3N3O3/c1-10-9-24-19(28)17-16(10)14-8-11(2-7-15(14)26-17)18(27)25-12-3-5-13(6-4-12)29-20(21,22)23/h2-8,10,26H,9H2,1H3,(H,24,28)(H,25,27). The number of anilines is 1. The van der Waals surface area contributed by atoms with Crippen molar-refractivity contribution in [3.05, 3.63) is 59.3 Å². The van der Waals surface area contributed by atoms with Crippen molar-refractivity contribution in [1.29, 1.82) is 0 Å². The number of carbonyl (C=O) groups is 2. The monoisotopic (exact) mass is 403 g/mol. The SMILES string of the molecule is CC1CNC(=O)c2[nH]c3ccc(C(=O)Nc4ccc(OC(F)(F)F)cc4)cc3c21. The van der Waals surface area contributed by atoms with Gasteiger partial charge in [-0.15, -0.1) is 13.2 Å². The highest BCUT2D eigenvalue weighted by Crippen LogP contribution is 2.32. The molecule has 1 aromatic heterocycles. The largest absolute Gasteiger partial charge is 0.573 e. The number of fused-ring (bicyclic) bond motifs is 3. The van der Waals surface area contributed by atoms with Crippen molar-refractivity contribution in [2.24, 2.45) is 0 Å². The van der Waals surface area contributed by atoms with Crippen LogP contribution in [0.4, 0.5) is 18.9 Å². The first kappa shape index (κ1) is 18.9. The van der Waals surface area contributed by atoms with Crippen molar-refractivity contribution in [3.63, 3.8) is 0 Å². The van der Waals surface area contributed by atoms with Gasteiger partial charge in [0.15, 0.2) is 0 Å². The van der Waals surface area contributed by atoms with E-state index in [4.69, 9.17) is 0 Å². The summed E-state index contributed by atoms with van der Waals surface area (Å²) >= 11 is 0. The molecule has 9 heteroatoms. The Kier molecular flexibility index (Phi) is 4.45. The molecule has 2 amide bonds. The Hall–Kier alpha value is -3.49. The lowest BCUT2D eigenvalue weighted by Crippen LogP contribution is -2.33. The van der Waals surface area contributed by atoms with E-state index in [9.17, 15) is 22.8 Å². The zero-order valence-corrected chi connectivity index (χ0v) is 15.2. The van der Waals surface area contributed by atoms with Crippen LogP contribution in [0.3, 0.4) is 0 Å². The summed E-state index contributed by atoms with van der Waals surface area (Å²) in [5.74, 6) is -0.875. The van der Waals surface area contributed by atoms with E-state index in [0.29, 0.717) is 23.5 Å². The van der Waals surface area contributed by atoms with Crippen molar-refractivity contribution < 1.29 is 27.5 Å². The molecule has 0 fully saturated rings. The average molecular weight is 403 g/mol. The topological polar surface area (TPSA) is 83.2 Å². The average Bonchev–Trinajstić information content (AvgIpc) is 3.05. The zero-order valence-electron chi connectivity index (χ0n) is 15.2. The van der Waals surface area contributed by atoms with E-state index < -0.39 is 12.3 Å². The van der Waals surface area contributed by atoms with Gasteiger partial charge in [-0.2, -0.15) is 0 Å². The maximum atomic E-state index is 12.6. The van der Waals surface area contributed by atoms with Crippen molar-refractivity contribution >= 4 is 28.4 Å². The molecule has 6 nitrogen and oxygen atoms in total. The van der Waals surface area contributed by atoms with Gasteiger partial charge in [-0.25, -0.2) is 0 Å². The molecule has 1 atom stereocenters. The lowest BCUT2D eigenvalue weighted by atomic mass is 9.93. The van der Waals surface area contributed by atoms with Gasteiger partial charge >= 0.3 is 6.36 Å². The Bertz CT molecular complexity index is 1100. The third-order valence-electron chi connectivity index (χ3n) is 4.74. The van der Waals surface area contributed by atoms with E-state index in [0.717, 1.165) is 28.6 Å². The summed E-state index contributed by atoms with van der Waals surface area (Å²) in [7, 11) is 0. The van der Waals surface area contributed by atoms with E-state index >= 15 is 0 Å². The van der Waals surface area contributed by atoms with E-state index in [1.54, 1.807) is 18.2 Å². The van der Waals surface area contributed by atoms with E-state index in [-0.39, 0.29) is 17.6 Å². The van der Waals surface area contributed by atoms with Gasteiger partial charge in [-0.1, -0.05) is 6.92 Å². The van der Waals surface area contributed by atoms with Crippen LogP contribution in [0, 0.1) is 0 Å². The molecular weight excluding hydrogens is 387 g/mol. The number of hydrogen-bond acceptors (Lipinski definition) is 3. The van der Waals surface area contributed by atoms with Crippen molar-refractivity contribution in [1.82, 2.24) is 10.3 Å². The molecule has 1 aliphatic rings. The van der Waals surface area contributed by atoms with E-state index in [2.05, 4.69) is 20.4 Å². The van der Waals surface area contributed by atoms with Crippen LogP contribution < -0.4 is 15.4 Å². The second-order valence-electron chi connectivity index (χ2n) is 6.81. The predicted octanol–water partition coefficient (Wildman–Crippen LogP) is 4.17. The van der Waals surface area contributed by atoms with Crippen LogP contribution >= 0.6 is 0 Å². The number of halogens is 3. The molecule has 29 heavy (non-hydrogen) atoms. The first-order valence-corrected chi connectivity index (χ1v) is 8.82. The van der Waals surface area contributed by atoms with Gasteiger partial charge in [0, 0.05) is 34.6 Å². The number of H-pyrrole nitrogens is 1. The molecule has 3 aromatic rings. The molecule has 0 radical (unpaired) electrons. The highest BCUT2D eigenvalue weighted by molar-refractivity contribution is 6.08. The molecule has 0 spiro atoms. The van der Waals surface area contributed by atoms with Gasteiger partial charge in [0.2, 0.25) is 0 Å². The lowest BCUT2D eigenvalue weighted by molar-refractivity contribution is -0.274. The molecule has 4 rings (SSSR count). The van der Waals surface area contributed by atoms with Crippen LogP contribution in [0.1, 0.15) is 39.3 Å². The summed E-state index contributed by atoms with van der Waals surface area (Å²) in [6.45, 7) is 2.50. The maximum Gasteiger partial charge on any atom is 0.573 e. The Morgan fingerprint density at radius 2 is 1.90 bits per heavy atom. The number of ether oxygens (including phenoxy) is 1. The fourth-order valence-corrected chi connectivity index (χ4v) is 3.42. The summed E-state index contributed by atoms with van der Waals surface area (Å²) < 4.78 is 40.5. The zero-order chi connectivity index (χ0) is 20.8. The first-order chi connectivity index (χ1) is 13.7. The van der Waals surface area contributed by atoms with E-state index in [1.807, 2.05) is 6.92 Å². The fraction of sp³-hybridized carbons (Fsp3) is 0.200. The minimum atomic E-state index is -4.77. The molecule has 150 valence electrons. The number of aromatic amines is 1. The summed E-state index contributed by atoms with van der Waals surface area (Å²) in [6, 6.07) is 9.93. The van der Waals surface area contributed by atoms with E-state index in [1.165, 1.54) is 12.1 Å².